The summed E-state index contributed by atoms with van der Waals surface area (Å²) in [6.45, 7) is 1.53. The maximum Gasteiger partial charge on any atom is 0.226 e. The molecule has 1 aliphatic heterocycles. The fourth-order valence-corrected chi connectivity index (χ4v) is 2.43. The van der Waals surface area contributed by atoms with Crippen LogP contribution in [0.15, 0.2) is 29.2 Å². The molecule has 1 heterocycles. The first-order valence-corrected chi connectivity index (χ1v) is 7.23. The number of hydrogen-bond donors (Lipinski definition) is 1. The van der Waals surface area contributed by atoms with Crippen LogP contribution in [0.5, 0.6) is 0 Å². The summed E-state index contributed by atoms with van der Waals surface area (Å²) >= 11 is 4.24. The van der Waals surface area contributed by atoms with Gasteiger partial charge in [0, 0.05) is 25.1 Å². The summed E-state index contributed by atoms with van der Waals surface area (Å²) in [5.74, 6) is 0.140. The molecule has 4 heteroatoms. The van der Waals surface area contributed by atoms with E-state index in [1.54, 1.807) is 4.90 Å². The van der Waals surface area contributed by atoms with Gasteiger partial charge in [0.2, 0.25) is 5.91 Å². The topological polar surface area (TPSA) is 29.5 Å². The van der Waals surface area contributed by atoms with E-state index in [1.165, 1.54) is 6.42 Å². The molecule has 0 aliphatic carbocycles. The molecule has 0 N–H and O–H groups in total. The van der Waals surface area contributed by atoms with Crippen LogP contribution in [0, 0.1) is 0 Å². The molecule has 1 unspecified atom stereocenters. The zero-order valence-electron chi connectivity index (χ0n) is 11.3. The van der Waals surface area contributed by atoms with Crippen molar-refractivity contribution in [2.24, 2.45) is 0 Å². The maximum atomic E-state index is 12.1. The third kappa shape index (κ3) is 4.55. The van der Waals surface area contributed by atoms with Gasteiger partial charge >= 0.3 is 0 Å². The number of carbonyl (C=O) groups excluding carboxylic acids is 1. The molecule has 104 valence electrons. The Balaban J connectivity index is 1.83. The number of thiol groups is 1. The highest BCUT2D eigenvalue weighted by molar-refractivity contribution is 7.80. The Labute approximate surface area is 120 Å². The van der Waals surface area contributed by atoms with E-state index in [4.69, 9.17) is 4.74 Å². The van der Waals surface area contributed by atoms with Crippen molar-refractivity contribution in [3.8, 4) is 0 Å². The summed E-state index contributed by atoms with van der Waals surface area (Å²) in [6, 6.07) is 7.72. The molecule has 19 heavy (non-hydrogen) atoms. The van der Waals surface area contributed by atoms with Crippen molar-refractivity contribution in [1.29, 1.82) is 0 Å². The number of nitrogens with zero attached hydrogens (tertiary/aromatic N) is 1. The van der Waals surface area contributed by atoms with Crippen molar-refractivity contribution < 1.29 is 9.53 Å². The Bertz CT molecular complexity index is 413. The predicted molar refractivity (Wildman–Crippen MR) is 78.6 cm³/mol. The molecule has 2 rings (SSSR count). The van der Waals surface area contributed by atoms with Crippen molar-refractivity contribution in [1.82, 2.24) is 4.90 Å². The third-order valence-corrected chi connectivity index (χ3v) is 3.77. The second-order valence-corrected chi connectivity index (χ2v) is 5.62. The Morgan fingerprint density at radius 3 is 2.74 bits per heavy atom. The average Bonchev–Trinajstić information content (AvgIpc) is 2.42. The highest BCUT2D eigenvalue weighted by atomic mass is 32.1. The van der Waals surface area contributed by atoms with Gasteiger partial charge in [-0.15, -0.1) is 12.6 Å². The molecule has 1 aromatic rings. The van der Waals surface area contributed by atoms with E-state index in [1.807, 2.05) is 31.3 Å². The van der Waals surface area contributed by atoms with Crippen molar-refractivity contribution in [2.45, 2.75) is 36.7 Å². The van der Waals surface area contributed by atoms with Gasteiger partial charge in [0.05, 0.1) is 12.5 Å². The normalized spacial score (nSPS) is 19.2. The van der Waals surface area contributed by atoms with Crippen LogP contribution in [0.4, 0.5) is 0 Å². The van der Waals surface area contributed by atoms with Crippen molar-refractivity contribution in [2.75, 3.05) is 20.2 Å². The van der Waals surface area contributed by atoms with E-state index < -0.39 is 0 Å². The maximum absolute atomic E-state index is 12.1. The lowest BCUT2D eigenvalue weighted by Gasteiger charge is -2.27. The zero-order valence-corrected chi connectivity index (χ0v) is 12.2. The second-order valence-electron chi connectivity index (χ2n) is 5.11. The molecule has 1 fully saturated rings. The molecule has 1 saturated heterocycles. The van der Waals surface area contributed by atoms with Crippen LogP contribution in [-0.4, -0.2) is 37.1 Å². The summed E-state index contributed by atoms with van der Waals surface area (Å²) in [7, 11) is 1.85. The number of likely N-dealkylation sites (N-methyl/N-ethyl adjacent to an activating group) is 1. The SMILES string of the molecule is CN(CC1CCCCO1)C(=O)Cc1ccc(S)cc1. The third-order valence-electron chi connectivity index (χ3n) is 3.47. The molecular formula is C15H21NO2S. The van der Waals surface area contributed by atoms with E-state index in [9.17, 15) is 4.79 Å². The van der Waals surface area contributed by atoms with Gasteiger partial charge in [0.15, 0.2) is 0 Å². The van der Waals surface area contributed by atoms with Gasteiger partial charge in [-0.05, 0) is 37.0 Å². The van der Waals surface area contributed by atoms with Gasteiger partial charge in [-0.2, -0.15) is 0 Å². The fraction of sp³-hybridized carbons (Fsp3) is 0.533. The van der Waals surface area contributed by atoms with Gasteiger partial charge in [0.1, 0.15) is 0 Å². The number of carbonyl (C=O) groups is 1. The minimum Gasteiger partial charge on any atom is -0.376 e. The summed E-state index contributed by atoms with van der Waals surface area (Å²) in [5, 5.41) is 0. The van der Waals surface area contributed by atoms with Crippen molar-refractivity contribution in [3.63, 3.8) is 0 Å². The van der Waals surface area contributed by atoms with Crippen LogP contribution in [0.25, 0.3) is 0 Å². The molecule has 1 amide bonds. The molecule has 0 spiro atoms. The largest absolute Gasteiger partial charge is 0.376 e. The minimum atomic E-state index is 0.140. The molecule has 0 radical (unpaired) electrons. The van der Waals surface area contributed by atoms with Gasteiger partial charge < -0.3 is 9.64 Å². The van der Waals surface area contributed by atoms with Gasteiger partial charge in [-0.1, -0.05) is 12.1 Å². The van der Waals surface area contributed by atoms with Gasteiger partial charge in [-0.25, -0.2) is 0 Å². The number of hydrogen-bond acceptors (Lipinski definition) is 3. The molecule has 1 atom stereocenters. The Hall–Kier alpha value is -1.00. The molecule has 0 bridgehead atoms. The van der Waals surface area contributed by atoms with Crippen molar-refractivity contribution >= 4 is 18.5 Å². The fourth-order valence-electron chi connectivity index (χ4n) is 2.28. The Morgan fingerprint density at radius 1 is 1.37 bits per heavy atom. The molecule has 3 nitrogen and oxygen atoms in total. The lowest BCUT2D eigenvalue weighted by atomic mass is 10.1. The number of ether oxygens (including phenoxy) is 1. The quantitative estimate of drug-likeness (QED) is 0.858. The predicted octanol–water partition coefficient (Wildman–Crippen LogP) is 2.55. The molecule has 0 aromatic heterocycles. The Kier molecular flexibility index (Phi) is 5.28. The average molecular weight is 279 g/mol. The van der Waals surface area contributed by atoms with E-state index in [0.717, 1.165) is 29.9 Å². The summed E-state index contributed by atoms with van der Waals surface area (Å²) in [4.78, 5) is 14.8. The van der Waals surface area contributed by atoms with E-state index in [0.29, 0.717) is 13.0 Å². The second kappa shape index (κ2) is 6.96. The first kappa shape index (κ1) is 14.4. The van der Waals surface area contributed by atoms with Crippen LogP contribution in [0.2, 0.25) is 0 Å². The highest BCUT2D eigenvalue weighted by Crippen LogP contribution is 2.14. The van der Waals surface area contributed by atoms with Gasteiger partial charge in [0.25, 0.3) is 0 Å². The van der Waals surface area contributed by atoms with Crippen LogP contribution in [-0.2, 0) is 16.0 Å². The van der Waals surface area contributed by atoms with E-state index in [2.05, 4.69) is 12.6 Å². The van der Waals surface area contributed by atoms with E-state index in [-0.39, 0.29) is 12.0 Å². The number of benzene rings is 1. The summed E-state index contributed by atoms with van der Waals surface area (Å²) < 4.78 is 5.66. The zero-order chi connectivity index (χ0) is 13.7. The van der Waals surface area contributed by atoms with Crippen LogP contribution in [0.3, 0.4) is 0 Å². The highest BCUT2D eigenvalue weighted by Gasteiger charge is 2.18. The smallest absolute Gasteiger partial charge is 0.226 e. The first-order valence-electron chi connectivity index (χ1n) is 6.78. The first-order chi connectivity index (χ1) is 9.15. The Morgan fingerprint density at radius 2 is 2.11 bits per heavy atom. The lowest BCUT2D eigenvalue weighted by Crippen LogP contribution is -2.37. The van der Waals surface area contributed by atoms with Crippen molar-refractivity contribution in [3.05, 3.63) is 29.8 Å². The lowest BCUT2D eigenvalue weighted by molar-refractivity contribution is -0.131. The monoisotopic (exact) mass is 279 g/mol. The number of rotatable bonds is 4. The molecule has 0 saturated carbocycles. The molecule has 1 aliphatic rings. The minimum absolute atomic E-state index is 0.140. The van der Waals surface area contributed by atoms with E-state index >= 15 is 0 Å². The molecule has 1 aromatic carbocycles. The van der Waals surface area contributed by atoms with Gasteiger partial charge in [-0.3, -0.25) is 4.79 Å². The van der Waals surface area contributed by atoms with Crippen LogP contribution in [0.1, 0.15) is 24.8 Å². The standard InChI is InChI=1S/C15H21NO2S/c1-16(11-13-4-2-3-9-18-13)15(17)10-12-5-7-14(19)8-6-12/h5-8,13,19H,2-4,9-11H2,1H3. The van der Waals surface area contributed by atoms with Crippen LogP contribution >= 0.6 is 12.6 Å². The van der Waals surface area contributed by atoms with Crippen LogP contribution < -0.4 is 0 Å². The molecular weight excluding hydrogens is 258 g/mol. The number of amides is 1. The summed E-state index contributed by atoms with van der Waals surface area (Å²) in [5.41, 5.74) is 1.03. The summed E-state index contributed by atoms with van der Waals surface area (Å²) in [6.07, 6.45) is 4.06.